The van der Waals surface area contributed by atoms with Crippen LogP contribution in [0.5, 0.6) is 5.75 Å². The van der Waals surface area contributed by atoms with Crippen molar-refractivity contribution in [2.45, 2.75) is 90.8 Å². The van der Waals surface area contributed by atoms with Crippen molar-refractivity contribution in [3.8, 4) is 5.75 Å². The standard InChI is InChI=1S/C20H34O3/c1-2-3-4-5-6-7-8-9-10-11-12-17-13-18(15-21)20(23)19(14-17)16-22/h13-14,21-23H,2-12,15-16H2,1H3. The Morgan fingerprint density at radius 1 is 0.696 bits per heavy atom. The molecular formula is C20H34O3. The average Bonchev–Trinajstić information content (AvgIpc) is 2.57. The molecule has 0 saturated heterocycles. The summed E-state index contributed by atoms with van der Waals surface area (Å²) >= 11 is 0. The summed E-state index contributed by atoms with van der Waals surface area (Å²) in [5.74, 6) is 0.0295. The first kappa shape index (κ1) is 20.0. The second-order valence-corrected chi connectivity index (χ2v) is 6.51. The molecule has 0 saturated carbocycles. The third-order valence-corrected chi connectivity index (χ3v) is 4.49. The molecule has 0 fully saturated rings. The molecule has 0 aromatic heterocycles. The molecule has 0 bridgehead atoms. The van der Waals surface area contributed by atoms with Gasteiger partial charge in [-0.05, 0) is 30.5 Å². The van der Waals surface area contributed by atoms with Gasteiger partial charge in [-0.15, -0.1) is 0 Å². The van der Waals surface area contributed by atoms with Gasteiger partial charge in [-0.2, -0.15) is 0 Å². The highest BCUT2D eigenvalue weighted by Gasteiger charge is 2.08. The maximum absolute atomic E-state index is 9.84. The summed E-state index contributed by atoms with van der Waals surface area (Å²) in [4.78, 5) is 0. The smallest absolute Gasteiger partial charge is 0.126 e. The van der Waals surface area contributed by atoms with Crippen LogP contribution in [-0.4, -0.2) is 15.3 Å². The quantitative estimate of drug-likeness (QED) is 0.455. The van der Waals surface area contributed by atoms with Gasteiger partial charge < -0.3 is 15.3 Å². The van der Waals surface area contributed by atoms with E-state index >= 15 is 0 Å². The molecule has 3 heteroatoms. The molecular weight excluding hydrogens is 288 g/mol. The largest absolute Gasteiger partial charge is 0.507 e. The number of hydrogen-bond acceptors (Lipinski definition) is 3. The molecule has 0 aliphatic rings. The molecule has 132 valence electrons. The van der Waals surface area contributed by atoms with E-state index in [1.54, 1.807) is 0 Å². The van der Waals surface area contributed by atoms with Crippen LogP contribution >= 0.6 is 0 Å². The van der Waals surface area contributed by atoms with Crippen LogP contribution in [0.1, 0.15) is 87.8 Å². The first-order valence-corrected chi connectivity index (χ1v) is 9.28. The number of phenols is 1. The fraction of sp³-hybridized carbons (Fsp3) is 0.700. The number of hydrogen-bond donors (Lipinski definition) is 3. The molecule has 0 spiro atoms. The number of unbranched alkanes of at least 4 members (excludes halogenated alkanes) is 9. The Morgan fingerprint density at radius 3 is 1.57 bits per heavy atom. The van der Waals surface area contributed by atoms with Gasteiger partial charge in [-0.25, -0.2) is 0 Å². The van der Waals surface area contributed by atoms with E-state index in [0.717, 1.165) is 18.4 Å². The van der Waals surface area contributed by atoms with Crippen LogP contribution in [0.3, 0.4) is 0 Å². The van der Waals surface area contributed by atoms with Crippen LogP contribution in [-0.2, 0) is 19.6 Å². The van der Waals surface area contributed by atoms with E-state index in [1.807, 2.05) is 12.1 Å². The zero-order valence-corrected chi connectivity index (χ0v) is 14.7. The van der Waals surface area contributed by atoms with Crippen LogP contribution in [0.4, 0.5) is 0 Å². The fourth-order valence-corrected chi connectivity index (χ4v) is 3.03. The predicted octanol–water partition coefficient (Wildman–Crippen LogP) is 4.84. The summed E-state index contributed by atoms with van der Waals surface area (Å²) in [6.07, 6.45) is 14.1. The van der Waals surface area contributed by atoms with E-state index in [2.05, 4.69) is 6.92 Å². The molecule has 3 nitrogen and oxygen atoms in total. The van der Waals surface area contributed by atoms with Gasteiger partial charge in [0.15, 0.2) is 0 Å². The predicted molar refractivity (Wildman–Crippen MR) is 95.5 cm³/mol. The van der Waals surface area contributed by atoms with Crippen molar-refractivity contribution < 1.29 is 15.3 Å². The lowest BCUT2D eigenvalue weighted by Gasteiger charge is -2.10. The van der Waals surface area contributed by atoms with Crippen molar-refractivity contribution in [2.75, 3.05) is 0 Å². The third-order valence-electron chi connectivity index (χ3n) is 4.49. The van der Waals surface area contributed by atoms with Gasteiger partial charge in [-0.1, -0.05) is 64.7 Å². The molecule has 0 unspecified atom stereocenters. The van der Waals surface area contributed by atoms with Gasteiger partial charge in [0.05, 0.1) is 13.2 Å². The lowest BCUT2D eigenvalue weighted by molar-refractivity contribution is 0.263. The van der Waals surface area contributed by atoms with E-state index < -0.39 is 0 Å². The number of aromatic hydroxyl groups is 1. The Bertz CT molecular complexity index is 404. The van der Waals surface area contributed by atoms with Crippen LogP contribution in [0, 0.1) is 0 Å². The molecule has 0 radical (unpaired) electrons. The topological polar surface area (TPSA) is 60.7 Å². The summed E-state index contributed by atoms with van der Waals surface area (Å²) in [6.45, 7) is 1.87. The highest BCUT2D eigenvalue weighted by Crippen LogP contribution is 2.26. The van der Waals surface area contributed by atoms with Gasteiger partial charge in [0.2, 0.25) is 0 Å². The molecule has 23 heavy (non-hydrogen) atoms. The van der Waals surface area contributed by atoms with Crippen molar-refractivity contribution in [3.63, 3.8) is 0 Å². The second-order valence-electron chi connectivity index (χ2n) is 6.51. The summed E-state index contributed by atoms with van der Waals surface area (Å²) in [6, 6.07) is 3.70. The van der Waals surface area contributed by atoms with E-state index in [0.29, 0.717) is 11.1 Å². The minimum atomic E-state index is -0.190. The highest BCUT2D eigenvalue weighted by molar-refractivity contribution is 5.43. The third kappa shape index (κ3) is 7.85. The minimum Gasteiger partial charge on any atom is -0.507 e. The van der Waals surface area contributed by atoms with Gasteiger partial charge in [0, 0.05) is 11.1 Å². The molecule has 0 amide bonds. The van der Waals surface area contributed by atoms with Gasteiger partial charge in [0.1, 0.15) is 5.75 Å². The van der Waals surface area contributed by atoms with Crippen molar-refractivity contribution in [2.24, 2.45) is 0 Å². The van der Waals surface area contributed by atoms with Gasteiger partial charge in [-0.3, -0.25) is 0 Å². The first-order chi connectivity index (χ1) is 11.2. The van der Waals surface area contributed by atoms with Crippen LogP contribution in [0.2, 0.25) is 0 Å². The monoisotopic (exact) mass is 322 g/mol. The number of aliphatic hydroxyl groups is 2. The first-order valence-electron chi connectivity index (χ1n) is 9.28. The Labute approximate surface area is 141 Å². The van der Waals surface area contributed by atoms with Gasteiger partial charge in [0.25, 0.3) is 0 Å². The van der Waals surface area contributed by atoms with Crippen molar-refractivity contribution in [3.05, 3.63) is 28.8 Å². The normalized spacial score (nSPS) is 11.1. The highest BCUT2D eigenvalue weighted by atomic mass is 16.3. The van der Waals surface area contributed by atoms with Crippen molar-refractivity contribution >= 4 is 0 Å². The molecule has 1 aromatic carbocycles. The molecule has 1 aromatic rings. The van der Waals surface area contributed by atoms with Crippen molar-refractivity contribution in [1.29, 1.82) is 0 Å². The molecule has 3 N–H and O–H groups in total. The minimum absolute atomic E-state index is 0.0295. The fourth-order valence-electron chi connectivity index (χ4n) is 3.03. The molecule has 1 rings (SSSR count). The summed E-state index contributed by atoms with van der Waals surface area (Å²) < 4.78 is 0. The van der Waals surface area contributed by atoms with E-state index in [1.165, 1.54) is 57.8 Å². The SMILES string of the molecule is CCCCCCCCCCCCc1cc(CO)c(O)c(CO)c1. The van der Waals surface area contributed by atoms with Crippen LogP contribution in [0.25, 0.3) is 0 Å². The maximum Gasteiger partial charge on any atom is 0.126 e. The van der Waals surface area contributed by atoms with Crippen molar-refractivity contribution in [1.82, 2.24) is 0 Å². The Kier molecular flexibility index (Phi) is 10.8. The maximum atomic E-state index is 9.84. The van der Waals surface area contributed by atoms with E-state index in [4.69, 9.17) is 0 Å². The Balaban J connectivity index is 2.18. The molecule has 0 atom stereocenters. The summed E-state index contributed by atoms with van der Waals surface area (Å²) in [5.41, 5.74) is 2.12. The van der Waals surface area contributed by atoms with Gasteiger partial charge >= 0.3 is 0 Å². The zero-order chi connectivity index (χ0) is 16.9. The van der Waals surface area contributed by atoms with Crippen LogP contribution < -0.4 is 0 Å². The number of rotatable bonds is 13. The number of aliphatic hydroxyl groups excluding tert-OH is 2. The Morgan fingerprint density at radius 2 is 1.13 bits per heavy atom. The Hall–Kier alpha value is -1.06. The van der Waals surface area contributed by atoms with Crippen LogP contribution in [0.15, 0.2) is 12.1 Å². The van der Waals surface area contributed by atoms with E-state index in [9.17, 15) is 15.3 Å². The molecule has 0 aliphatic carbocycles. The second kappa shape index (κ2) is 12.4. The summed E-state index contributed by atoms with van der Waals surface area (Å²) in [7, 11) is 0. The lowest BCUT2D eigenvalue weighted by Crippen LogP contribution is -1.96. The zero-order valence-electron chi connectivity index (χ0n) is 14.7. The number of aryl methyl sites for hydroxylation is 1. The summed E-state index contributed by atoms with van der Waals surface area (Å²) in [5, 5.41) is 28.4. The van der Waals surface area contributed by atoms with E-state index in [-0.39, 0.29) is 19.0 Å². The lowest BCUT2D eigenvalue weighted by atomic mass is 9.99. The molecule has 0 aliphatic heterocycles. The molecule has 0 heterocycles. The number of benzene rings is 1. The average molecular weight is 322 g/mol.